The van der Waals surface area contributed by atoms with Crippen molar-refractivity contribution in [3.8, 4) is 0 Å². The molecule has 2 aromatic heterocycles. The third-order valence-corrected chi connectivity index (χ3v) is 2.85. The summed E-state index contributed by atoms with van der Waals surface area (Å²) >= 11 is 3.49. The van der Waals surface area contributed by atoms with Crippen molar-refractivity contribution in [2.75, 3.05) is 0 Å². The average Bonchev–Trinajstić information content (AvgIpc) is 2.42. The molecular weight excluding hydrogens is 252 g/mol. The van der Waals surface area contributed by atoms with Crippen LogP contribution < -0.4 is 0 Å². The fraction of sp³-hybridized carbons (Fsp3) is 0.417. The van der Waals surface area contributed by atoms with Crippen molar-refractivity contribution in [1.29, 1.82) is 0 Å². The minimum atomic E-state index is 0.260. The lowest BCUT2D eigenvalue weighted by Crippen LogP contribution is -2.11. The maximum atomic E-state index is 4.55. The van der Waals surface area contributed by atoms with Crippen LogP contribution in [0.5, 0.6) is 0 Å². The second-order valence-corrected chi connectivity index (χ2v) is 5.76. The highest BCUT2D eigenvalue weighted by Gasteiger charge is 2.16. The first kappa shape index (κ1) is 10.7. The van der Waals surface area contributed by atoms with Crippen LogP contribution in [0.1, 0.15) is 26.6 Å². The lowest BCUT2D eigenvalue weighted by Gasteiger charge is -2.16. The lowest BCUT2D eigenvalue weighted by atomic mass is 9.92. The van der Waals surface area contributed by atoms with E-state index in [1.54, 1.807) is 0 Å². The Balaban J connectivity index is 2.53. The topological polar surface area (TPSA) is 17.3 Å². The van der Waals surface area contributed by atoms with E-state index >= 15 is 0 Å². The van der Waals surface area contributed by atoms with Gasteiger partial charge in [0.25, 0.3) is 0 Å². The first-order valence-electron chi connectivity index (χ1n) is 5.09. The number of nitrogens with zero attached hydrogens (tertiary/aromatic N) is 2. The SMILES string of the molecule is CC(C)(C)Cc1nc(Br)c2ccccn12. The first-order chi connectivity index (χ1) is 6.97. The minimum absolute atomic E-state index is 0.260. The number of rotatable bonds is 1. The summed E-state index contributed by atoms with van der Waals surface area (Å²) < 4.78 is 3.08. The predicted octanol–water partition coefficient (Wildman–Crippen LogP) is 3.69. The Labute approximate surface area is 98.5 Å². The summed E-state index contributed by atoms with van der Waals surface area (Å²) in [5, 5.41) is 0. The number of pyridine rings is 1. The van der Waals surface area contributed by atoms with Crippen molar-refractivity contribution in [1.82, 2.24) is 9.38 Å². The summed E-state index contributed by atoms with van der Waals surface area (Å²) in [6, 6.07) is 6.14. The highest BCUT2D eigenvalue weighted by molar-refractivity contribution is 9.10. The molecule has 2 rings (SSSR count). The Morgan fingerprint density at radius 2 is 2.07 bits per heavy atom. The van der Waals surface area contributed by atoms with E-state index in [9.17, 15) is 0 Å². The zero-order chi connectivity index (χ0) is 11.1. The molecule has 0 aliphatic carbocycles. The van der Waals surface area contributed by atoms with Gasteiger partial charge in [0.15, 0.2) is 0 Å². The molecule has 0 aliphatic rings. The number of imidazole rings is 1. The number of hydrogen-bond acceptors (Lipinski definition) is 1. The normalized spacial score (nSPS) is 12.3. The fourth-order valence-corrected chi connectivity index (χ4v) is 2.19. The van der Waals surface area contributed by atoms with E-state index in [1.807, 2.05) is 12.1 Å². The van der Waals surface area contributed by atoms with E-state index in [0.29, 0.717) is 0 Å². The summed E-state index contributed by atoms with van der Waals surface area (Å²) in [6.07, 6.45) is 3.04. The van der Waals surface area contributed by atoms with E-state index in [1.165, 1.54) is 0 Å². The molecule has 0 N–H and O–H groups in total. The molecule has 0 bridgehead atoms. The smallest absolute Gasteiger partial charge is 0.132 e. The van der Waals surface area contributed by atoms with E-state index in [4.69, 9.17) is 0 Å². The molecule has 3 heteroatoms. The molecular formula is C12H15BrN2. The molecule has 0 unspecified atom stereocenters. The zero-order valence-corrected chi connectivity index (χ0v) is 10.9. The van der Waals surface area contributed by atoms with Gasteiger partial charge in [0.2, 0.25) is 0 Å². The maximum absolute atomic E-state index is 4.55. The van der Waals surface area contributed by atoms with Crippen molar-refractivity contribution < 1.29 is 0 Å². The molecule has 0 radical (unpaired) electrons. The van der Waals surface area contributed by atoms with Crippen LogP contribution in [-0.2, 0) is 6.42 Å². The monoisotopic (exact) mass is 266 g/mol. The Kier molecular flexibility index (Phi) is 2.59. The molecule has 2 aromatic rings. The van der Waals surface area contributed by atoms with Crippen molar-refractivity contribution in [3.05, 3.63) is 34.8 Å². The van der Waals surface area contributed by atoms with Gasteiger partial charge in [0.1, 0.15) is 10.4 Å². The molecule has 0 saturated carbocycles. The third kappa shape index (κ3) is 2.23. The van der Waals surface area contributed by atoms with E-state index in [0.717, 1.165) is 22.4 Å². The predicted molar refractivity (Wildman–Crippen MR) is 66.1 cm³/mol. The van der Waals surface area contributed by atoms with Gasteiger partial charge in [-0.2, -0.15) is 0 Å². The highest BCUT2D eigenvalue weighted by Crippen LogP contribution is 2.24. The molecule has 15 heavy (non-hydrogen) atoms. The number of fused-ring (bicyclic) bond motifs is 1. The van der Waals surface area contributed by atoms with Crippen LogP contribution in [-0.4, -0.2) is 9.38 Å². The second-order valence-electron chi connectivity index (χ2n) is 5.01. The molecule has 0 aliphatic heterocycles. The Bertz CT molecular complexity index is 480. The molecule has 0 aromatic carbocycles. The Morgan fingerprint density at radius 1 is 1.33 bits per heavy atom. The van der Waals surface area contributed by atoms with Gasteiger partial charge < -0.3 is 4.40 Å². The van der Waals surface area contributed by atoms with Crippen LogP contribution in [0.4, 0.5) is 0 Å². The minimum Gasteiger partial charge on any atom is -0.303 e. The molecule has 0 amide bonds. The first-order valence-corrected chi connectivity index (χ1v) is 5.88. The van der Waals surface area contributed by atoms with Gasteiger partial charge in [0.05, 0.1) is 5.52 Å². The molecule has 2 nitrogen and oxygen atoms in total. The van der Waals surface area contributed by atoms with Crippen molar-refractivity contribution in [2.24, 2.45) is 5.41 Å². The quantitative estimate of drug-likeness (QED) is 0.770. The lowest BCUT2D eigenvalue weighted by molar-refractivity contribution is 0.400. The molecule has 80 valence electrons. The van der Waals surface area contributed by atoms with Gasteiger partial charge in [-0.1, -0.05) is 26.8 Å². The highest BCUT2D eigenvalue weighted by atomic mass is 79.9. The molecule has 0 spiro atoms. The van der Waals surface area contributed by atoms with Gasteiger partial charge in [-0.3, -0.25) is 0 Å². The molecule has 0 saturated heterocycles. The molecule has 0 fully saturated rings. The summed E-state index contributed by atoms with van der Waals surface area (Å²) in [5.74, 6) is 1.12. The second kappa shape index (κ2) is 3.63. The summed E-state index contributed by atoms with van der Waals surface area (Å²) in [5.41, 5.74) is 1.40. The number of halogens is 1. The fourth-order valence-electron chi connectivity index (χ4n) is 1.66. The summed E-state index contributed by atoms with van der Waals surface area (Å²) in [4.78, 5) is 4.55. The Hall–Kier alpha value is -0.830. The average molecular weight is 267 g/mol. The standard InChI is InChI=1S/C12H15BrN2/c1-12(2,3)8-10-14-11(13)9-6-4-5-7-15(9)10/h4-7H,8H2,1-3H3. The van der Waals surface area contributed by atoms with E-state index in [2.05, 4.69) is 58.3 Å². The van der Waals surface area contributed by atoms with Crippen LogP contribution in [0.2, 0.25) is 0 Å². The van der Waals surface area contributed by atoms with Crippen molar-refractivity contribution in [3.63, 3.8) is 0 Å². The van der Waals surface area contributed by atoms with Gasteiger partial charge in [-0.25, -0.2) is 4.98 Å². The summed E-state index contributed by atoms with van der Waals surface area (Å²) in [7, 11) is 0. The van der Waals surface area contributed by atoms with Crippen molar-refractivity contribution in [2.45, 2.75) is 27.2 Å². The maximum Gasteiger partial charge on any atom is 0.132 e. The number of aromatic nitrogens is 2. The Morgan fingerprint density at radius 3 is 2.73 bits per heavy atom. The third-order valence-electron chi connectivity index (χ3n) is 2.26. The van der Waals surface area contributed by atoms with Crippen molar-refractivity contribution >= 4 is 21.4 Å². The van der Waals surface area contributed by atoms with Gasteiger partial charge in [-0.15, -0.1) is 0 Å². The zero-order valence-electron chi connectivity index (χ0n) is 9.29. The van der Waals surface area contributed by atoms with Crippen LogP contribution in [0.25, 0.3) is 5.52 Å². The van der Waals surface area contributed by atoms with Crippen LogP contribution in [0.3, 0.4) is 0 Å². The molecule has 2 heterocycles. The van der Waals surface area contributed by atoms with Crippen LogP contribution in [0, 0.1) is 5.41 Å². The largest absolute Gasteiger partial charge is 0.303 e. The van der Waals surface area contributed by atoms with E-state index < -0.39 is 0 Å². The number of hydrogen-bond donors (Lipinski definition) is 0. The summed E-state index contributed by atoms with van der Waals surface area (Å²) in [6.45, 7) is 6.68. The van der Waals surface area contributed by atoms with E-state index in [-0.39, 0.29) is 5.41 Å². The van der Waals surface area contributed by atoms with Crippen LogP contribution in [0.15, 0.2) is 29.0 Å². The van der Waals surface area contributed by atoms with Crippen LogP contribution >= 0.6 is 15.9 Å². The molecule has 0 atom stereocenters. The van der Waals surface area contributed by atoms with Gasteiger partial charge >= 0.3 is 0 Å². The van der Waals surface area contributed by atoms with Gasteiger partial charge in [0, 0.05) is 12.6 Å². The van der Waals surface area contributed by atoms with Gasteiger partial charge in [-0.05, 0) is 33.5 Å².